The second-order valence-corrected chi connectivity index (χ2v) is 8.80. The molecule has 10 heteroatoms. The van der Waals surface area contributed by atoms with Gasteiger partial charge in [0.1, 0.15) is 5.82 Å². The molecule has 0 fully saturated rings. The van der Waals surface area contributed by atoms with Crippen molar-refractivity contribution in [1.29, 1.82) is 0 Å². The van der Waals surface area contributed by atoms with Gasteiger partial charge in [-0.2, -0.15) is 0 Å². The van der Waals surface area contributed by atoms with Crippen LogP contribution < -0.4 is 10.5 Å². The van der Waals surface area contributed by atoms with Crippen LogP contribution in [-0.2, 0) is 19.6 Å². The first kappa shape index (κ1) is 23.2. The van der Waals surface area contributed by atoms with E-state index >= 15 is 0 Å². The monoisotopic (exact) mass is 456 g/mol. The third kappa shape index (κ3) is 5.40. The van der Waals surface area contributed by atoms with Crippen LogP contribution in [0.4, 0.5) is 5.69 Å². The molecule has 4 N–H and O–H groups in total. The minimum absolute atomic E-state index is 0.0720. The molecule has 0 saturated heterocycles. The van der Waals surface area contributed by atoms with E-state index in [1.165, 1.54) is 24.3 Å². The van der Waals surface area contributed by atoms with Crippen molar-refractivity contribution in [1.82, 2.24) is 9.97 Å². The fourth-order valence-electron chi connectivity index (χ4n) is 2.92. The fraction of sp³-hybridized carbons (Fsp3) is 0.227. The van der Waals surface area contributed by atoms with E-state index < -0.39 is 28.0 Å². The largest absolute Gasteiger partial charge is 0.449 e. The summed E-state index contributed by atoms with van der Waals surface area (Å²) in [6.45, 7) is 5.56. The van der Waals surface area contributed by atoms with Crippen molar-refractivity contribution >= 4 is 27.6 Å². The van der Waals surface area contributed by atoms with E-state index in [0.717, 1.165) is 17.0 Å². The third-order valence-electron chi connectivity index (χ3n) is 4.89. The Morgan fingerprint density at radius 1 is 1.09 bits per heavy atom. The summed E-state index contributed by atoms with van der Waals surface area (Å²) in [6.07, 6.45) is -0.758. The number of H-pyrrole nitrogens is 1. The lowest BCUT2D eigenvalue weighted by Crippen LogP contribution is -2.32. The summed E-state index contributed by atoms with van der Waals surface area (Å²) in [7, 11) is -3.83. The van der Waals surface area contributed by atoms with Crippen molar-refractivity contribution < 1.29 is 22.7 Å². The van der Waals surface area contributed by atoms with Crippen molar-refractivity contribution in [2.45, 2.75) is 38.2 Å². The SMILES string of the molecule is CCC(OC(=O)c1ccc(-c2nc(C)c(C)[nH]2)cc1)C(=O)Nc1ccc(S(N)(=O)=O)cc1. The first-order valence-electron chi connectivity index (χ1n) is 9.87. The second-order valence-electron chi connectivity index (χ2n) is 7.23. The molecule has 1 atom stereocenters. The molecule has 3 rings (SSSR count). The number of hydrogen-bond donors (Lipinski definition) is 3. The molecule has 2 aromatic carbocycles. The molecule has 0 aliphatic rings. The number of benzene rings is 2. The number of hydrogen-bond acceptors (Lipinski definition) is 6. The summed E-state index contributed by atoms with van der Waals surface area (Å²) < 4.78 is 28.0. The Bertz CT molecular complexity index is 1210. The van der Waals surface area contributed by atoms with Crippen LogP contribution in [0.3, 0.4) is 0 Å². The quantitative estimate of drug-likeness (QED) is 0.466. The van der Waals surface area contributed by atoms with Crippen molar-refractivity contribution in [2.75, 3.05) is 5.32 Å². The predicted octanol–water partition coefficient (Wildman–Crippen LogP) is 2.92. The summed E-state index contributed by atoms with van der Waals surface area (Å²) in [5.74, 6) is -0.448. The van der Waals surface area contributed by atoms with E-state index in [9.17, 15) is 18.0 Å². The van der Waals surface area contributed by atoms with Crippen molar-refractivity contribution in [3.05, 3.63) is 65.5 Å². The molecule has 9 nitrogen and oxygen atoms in total. The van der Waals surface area contributed by atoms with Crippen LogP contribution in [0.1, 0.15) is 35.1 Å². The first-order valence-corrected chi connectivity index (χ1v) is 11.4. The van der Waals surface area contributed by atoms with E-state index in [2.05, 4.69) is 15.3 Å². The highest BCUT2D eigenvalue weighted by Gasteiger charge is 2.22. The maximum atomic E-state index is 12.5. The van der Waals surface area contributed by atoms with E-state index in [1.54, 1.807) is 31.2 Å². The highest BCUT2D eigenvalue weighted by molar-refractivity contribution is 7.89. The van der Waals surface area contributed by atoms with Crippen molar-refractivity contribution in [3.63, 3.8) is 0 Å². The number of ether oxygens (including phenoxy) is 1. The summed E-state index contributed by atoms with van der Waals surface area (Å²) >= 11 is 0. The number of carbonyl (C=O) groups excluding carboxylic acids is 2. The van der Waals surface area contributed by atoms with Crippen LogP contribution >= 0.6 is 0 Å². The molecular formula is C22H24N4O5S. The highest BCUT2D eigenvalue weighted by atomic mass is 32.2. The average Bonchev–Trinajstić information content (AvgIpc) is 3.10. The van der Waals surface area contributed by atoms with Gasteiger partial charge in [0.2, 0.25) is 10.0 Å². The first-order chi connectivity index (χ1) is 15.1. The molecular weight excluding hydrogens is 432 g/mol. The van der Waals surface area contributed by atoms with Crippen LogP contribution in [0, 0.1) is 13.8 Å². The van der Waals surface area contributed by atoms with Gasteiger partial charge in [-0.05, 0) is 56.7 Å². The molecule has 0 radical (unpaired) electrons. The molecule has 1 amide bonds. The van der Waals surface area contributed by atoms with Crippen LogP contribution in [0.15, 0.2) is 53.4 Å². The molecule has 1 aromatic heterocycles. The zero-order valence-electron chi connectivity index (χ0n) is 17.9. The summed E-state index contributed by atoms with van der Waals surface area (Å²) in [4.78, 5) is 32.6. The molecule has 3 aromatic rings. The number of aryl methyl sites for hydroxylation is 2. The molecule has 1 unspecified atom stereocenters. The average molecular weight is 457 g/mol. The predicted molar refractivity (Wildman–Crippen MR) is 119 cm³/mol. The second kappa shape index (κ2) is 9.33. The lowest BCUT2D eigenvalue weighted by atomic mass is 10.1. The van der Waals surface area contributed by atoms with Crippen LogP contribution in [0.25, 0.3) is 11.4 Å². The summed E-state index contributed by atoms with van der Waals surface area (Å²) in [5.41, 5.74) is 3.35. The molecule has 0 saturated carbocycles. The summed E-state index contributed by atoms with van der Waals surface area (Å²) in [6, 6.07) is 12.1. The minimum Gasteiger partial charge on any atom is -0.449 e. The third-order valence-corrected chi connectivity index (χ3v) is 5.81. The zero-order valence-corrected chi connectivity index (χ0v) is 18.7. The standard InChI is InChI=1S/C22H24N4O5S/c1-4-19(21(27)26-17-9-11-18(12-10-17)32(23,29)30)31-22(28)16-7-5-15(6-8-16)20-24-13(2)14(3)25-20/h5-12,19H,4H2,1-3H3,(H,24,25)(H,26,27)(H2,23,29,30). The Balaban J connectivity index is 1.65. The van der Waals surface area contributed by atoms with E-state index in [-0.39, 0.29) is 11.3 Å². The number of rotatable bonds is 7. The van der Waals surface area contributed by atoms with Crippen LogP contribution in [0.5, 0.6) is 0 Å². The van der Waals surface area contributed by atoms with Gasteiger partial charge >= 0.3 is 5.97 Å². The maximum absolute atomic E-state index is 12.5. The Labute approximate surface area is 186 Å². The van der Waals surface area contributed by atoms with E-state index in [0.29, 0.717) is 17.1 Å². The van der Waals surface area contributed by atoms with Crippen molar-refractivity contribution in [2.24, 2.45) is 5.14 Å². The van der Waals surface area contributed by atoms with Gasteiger partial charge in [-0.1, -0.05) is 19.1 Å². The Morgan fingerprint density at radius 3 is 2.22 bits per heavy atom. The molecule has 0 aliphatic heterocycles. The van der Waals surface area contributed by atoms with Gasteiger partial charge in [-0.25, -0.2) is 23.3 Å². The molecule has 32 heavy (non-hydrogen) atoms. The molecule has 0 aliphatic carbocycles. The van der Waals surface area contributed by atoms with Gasteiger partial charge in [0.15, 0.2) is 6.10 Å². The molecule has 0 spiro atoms. The van der Waals surface area contributed by atoms with E-state index in [4.69, 9.17) is 9.88 Å². The molecule has 168 valence electrons. The minimum atomic E-state index is -3.83. The van der Waals surface area contributed by atoms with Crippen molar-refractivity contribution in [3.8, 4) is 11.4 Å². The maximum Gasteiger partial charge on any atom is 0.338 e. The van der Waals surface area contributed by atoms with Crippen LogP contribution in [-0.4, -0.2) is 36.4 Å². The van der Waals surface area contributed by atoms with Gasteiger partial charge < -0.3 is 15.0 Å². The fourth-order valence-corrected chi connectivity index (χ4v) is 3.43. The number of nitrogens with zero attached hydrogens (tertiary/aromatic N) is 1. The number of esters is 1. The normalized spacial score (nSPS) is 12.2. The molecule has 1 heterocycles. The topological polar surface area (TPSA) is 144 Å². The number of imidazole rings is 1. The number of sulfonamides is 1. The summed E-state index contributed by atoms with van der Waals surface area (Å²) in [5, 5.41) is 7.66. The Kier molecular flexibility index (Phi) is 6.75. The number of carbonyl (C=O) groups is 2. The number of aromatic nitrogens is 2. The zero-order chi connectivity index (χ0) is 23.5. The number of aromatic amines is 1. The lowest BCUT2D eigenvalue weighted by molar-refractivity contribution is -0.124. The highest BCUT2D eigenvalue weighted by Crippen LogP contribution is 2.19. The van der Waals surface area contributed by atoms with E-state index in [1.807, 2.05) is 13.8 Å². The van der Waals surface area contributed by atoms with Gasteiger partial charge in [0.05, 0.1) is 16.2 Å². The van der Waals surface area contributed by atoms with Gasteiger partial charge in [0, 0.05) is 16.9 Å². The van der Waals surface area contributed by atoms with Gasteiger partial charge in [-0.15, -0.1) is 0 Å². The number of nitrogens with two attached hydrogens (primary N) is 1. The van der Waals surface area contributed by atoms with Crippen LogP contribution in [0.2, 0.25) is 0 Å². The number of amides is 1. The molecule has 0 bridgehead atoms. The lowest BCUT2D eigenvalue weighted by Gasteiger charge is -2.16. The number of nitrogens with one attached hydrogen (secondary N) is 2. The Hall–Kier alpha value is -3.50. The number of primary sulfonamides is 1. The van der Waals surface area contributed by atoms with Gasteiger partial charge in [-0.3, -0.25) is 4.79 Å². The number of anilines is 1. The van der Waals surface area contributed by atoms with Gasteiger partial charge in [0.25, 0.3) is 5.91 Å². The smallest absolute Gasteiger partial charge is 0.338 e. The Morgan fingerprint density at radius 2 is 1.72 bits per heavy atom.